The van der Waals surface area contributed by atoms with Crippen molar-refractivity contribution in [3.8, 4) is 11.4 Å². The van der Waals surface area contributed by atoms with Gasteiger partial charge in [0.25, 0.3) is 0 Å². The number of nitrogens with zero attached hydrogens (tertiary/aromatic N) is 3. The van der Waals surface area contributed by atoms with Crippen molar-refractivity contribution in [3.63, 3.8) is 0 Å². The van der Waals surface area contributed by atoms with E-state index in [0.717, 1.165) is 34.3 Å². The Morgan fingerprint density at radius 2 is 1.36 bits per heavy atom. The summed E-state index contributed by atoms with van der Waals surface area (Å²) in [5.41, 5.74) is 4.30. The van der Waals surface area contributed by atoms with Crippen LogP contribution in [0.1, 0.15) is 76.4 Å². The monoisotopic (exact) mass is 483 g/mol. The number of methoxy groups -OCH3 is 1. The zero-order valence-corrected chi connectivity index (χ0v) is 22.7. The van der Waals surface area contributed by atoms with Gasteiger partial charge in [-0.1, -0.05) is 65.0 Å². The van der Waals surface area contributed by atoms with Gasteiger partial charge in [0.15, 0.2) is 5.78 Å². The van der Waals surface area contributed by atoms with Crippen LogP contribution < -0.4 is 4.74 Å². The first-order chi connectivity index (χ1) is 16.8. The van der Waals surface area contributed by atoms with Crippen molar-refractivity contribution < 1.29 is 9.53 Å². The molecular formula is C31H37N3O2. The Kier molecular flexibility index (Phi) is 6.54. The van der Waals surface area contributed by atoms with E-state index in [9.17, 15) is 4.79 Å². The second-order valence-electron chi connectivity index (χ2n) is 12.0. The average molecular weight is 484 g/mol. The van der Waals surface area contributed by atoms with Crippen LogP contribution in [0.25, 0.3) is 16.7 Å². The predicted octanol–water partition coefficient (Wildman–Crippen LogP) is 7.30. The molecule has 0 atom stereocenters. The summed E-state index contributed by atoms with van der Waals surface area (Å²) in [7, 11) is 1.64. The molecule has 0 N–H and O–H groups in total. The highest BCUT2D eigenvalue weighted by Gasteiger charge is 2.34. The second-order valence-corrected chi connectivity index (χ2v) is 12.0. The molecule has 3 aromatic carbocycles. The van der Waals surface area contributed by atoms with E-state index in [-0.39, 0.29) is 16.6 Å². The van der Waals surface area contributed by atoms with E-state index in [1.807, 2.05) is 68.4 Å². The number of benzene rings is 3. The Bertz CT molecular complexity index is 1360. The molecule has 0 unspecified atom stereocenters. The third-order valence-corrected chi connectivity index (χ3v) is 6.88. The Morgan fingerprint density at radius 3 is 1.89 bits per heavy atom. The highest BCUT2D eigenvalue weighted by molar-refractivity contribution is 6.06. The van der Waals surface area contributed by atoms with Crippen LogP contribution in [0.2, 0.25) is 0 Å². The normalized spacial score (nSPS) is 12.7. The number of hydrogen-bond donors (Lipinski definition) is 0. The Hall–Kier alpha value is -3.47. The second kappa shape index (κ2) is 9.20. The van der Waals surface area contributed by atoms with Gasteiger partial charge in [0, 0.05) is 5.56 Å². The van der Waals surface area contributed by atoms with E-state index >= 15 is 0 Å². The molecule has 1 aromatic heterocycles. The summed E-state index contributed by atoms with van der Waals surface area (Å²) in [5, 5.41) is 9.48. The number of rotatable bonds is 7. The van der Waals surface area contributed by atoms with Gasteiger partial charge >= 0.3 is 0 Å². The lowest BCUT2D eigenvalue weighted by molar-refractivity contribution is 0.0908. The molecule has 1 heterocycles. The topological polar surface area (TPSA) is 57.0 Å². The van der Waals surface area contributed by atoms with Gasteiger partial charge < -0.3 is 4.74 Å². The minimum absolute atomic E-state index is 0.0178. The van der Waals surface area contributed by atoms with E-state index < -0.39 is 5.41 Å². The van der Waals surface area contributed by atoms with E-state index in [1.165, 1.54) is 0 Å². The molecule has 0 saturated heterocycles. The number of carbonyl (C=O) groups is 1. The molecule has 0 saturated carbocycles. The fourth-order valence-electron chi connectivity index (χ4n) is 5.18. The van der Waals surface area contributed by atoms with Crippen molar-refractivity contribution >= 4 is 16.8 Å². The van der Waals surface area contributed by atoms with Crippen LogP contribution >= 0.6 is 0 Å². The summed E-state index contributed by atoms with van der Waals surface area (Å²) in [6.45, 7) is 15.2. The van der Waals surface area contributed by atoms with Crippen LogP contribution in [0, 0.1) is 5.41 Å². The fourth-order valence-corrected chi connectivity index (χ4v) is 5.18. The van der Waals surface area contributed by atoms with E-state index in [1.54, 1.807) is 11.9 Å². The molecule has 5 heteroatoms. The molecular weight excluding hydrogens is 446 g/mol. The minimum Gasteiger partial charge on any atom is -0.497 e. The maximum Gasteiger partial charge on any atom is 0.175 e. The molecule has 0 fully saturated rings. The van der Waals surface area contributed by atoms with Crippen LogP contribution in [0.15, 0.2) is 66.7 Å². The number of Topliss-reactive ketones (excluding diaryl/α,β-unsaturated/α-hetero) is 1. The molecule has 36 heavy (non-hydrogen) atoms. The van der Waals surface area contributed by atoms with Crippen molar-refractivity contribution in [2.45, 2.75) is 65.7 Å². The van der Waals surface area contributed by atoms with Gasteiger partial charge in [-0.15, -0.1) is 15.0 Å². The van der Waals surface area contributed by atoms with Crippen LogP contribution in [0.4, 0.5) is 0 Å². The first kappa shape index (κ1) is 25.6. The average Bonchev–Trinajstić information content (AvgIpc) is 3.26. The molecule has 0 aliphatic heterocycles. The fraction of sp³-hybridized carbons (Fsp3) is 0.387. The SMILES string of the molecule is COc1ccc(C(C)(C)C(=O)c2ccc(C(C)(C)CC(C)(C)C)cc2-n2nc3ccccc3n2)cc1. The maximum absolute atomic E-state index is 14.1. The van der Waals surface area contributed by atoms with Gasteiger partial charge in [0.2, 0.25) is 0 Å². The van der Waals surface area contributed by atoms with Gasteiger partial charge in [-0.3, -0.25) is 4.79 Å². The molecule has 0 aliphatic rings. The van der Waals surface area contributed by atoms with Crippen LogP contribution in [-0.4, -0.2) is 27.9 Å². The van der Waals surface area contributed by atoms with Crippen LogP contribution in [0.5, 0.6) is 5.75 Å². The maximum atomic E-state index is 14.1. The number of carbonyl (C=O) groups excluding carboxylic acids is 1. The molecule has 0 bridgehead atoms. The first-order valence-corrected chi connectivity index (χ1v) is 12.5. The van der Waals surface area contributed by atoms with Gasteiger partial charge in [-0.2, -0.15) is 0 Å². The van der Waals surface area contributed by atoms with E-state index in [4.69, 9.17) is 14.9 Å². The Balaban J connectivity index is 1.86. The van der Waals surface area contributed by atoms with Crippen molar-refractivity contribution in [3.05, 3.63) is 83.4 Å². The summed E-state index contributed by atoms with van der Waals surface area (Å²) >= 11 is 0. The molecule has 188 valence electrons. The van der Waals surface area contributed by atoms with E-state index in [0.29, 0.717) is 11.3 Å². The molecule has 4 rings (SSSR count). The molecule has 5 nitrogen and oxygen atoms in total. The molecule has 0 amide bonds. The number of ether oxygens (including phenoxy) is 1. The molecule has 4 aromatic rings. The summed E-state index contributed by atoms with van der Waals surface area (Å²) in [5.74, 6) is 0.782. The van der Waals surface area contributed by atoms with Gasteiger partial charge in [-0.05, 0) is 78.6 Å². The lowest BCUT2D eigenvalue weighted by Gasteiger charge is -2.33. The van der Waals surface area contributed by atoms with Crippen LogP contribution in [-0.2, 0) is 10.8 Å². The lowest BCUT2D eigenvalue weighted by atomic mass is 9.71. The minimum atomic E-state index is -0.754. The summed E-state index contributed by atoms with van der Waals surface area (Å²) in [6.07, 6.45) is 0.999. The van der Waals surface area contributed by atoms with Gasteiger partial charge in [-0.25, -0.2) is 0 Å². The Labute approximate surface area is 214 Å². The summed E-state index contributed by atoms with van der Waals surface area (Å²) in [4.78, 5) is 15.7. The molecule has 0 radical (unpaired) electrons. The zero-order valence-electron chi connectivity index (χ0n) is 22.7. The summed E-state index contributed by atoms with van der Waals surface area (Å²) in [6, 6.07) is 21.6. The standard InChI is InChI=1S/C31H37N3O2/c1-29(2,3)20-30(4,5)22-15-18-24(27(19-22)34-32-25-11-9-10-12-26(25)33-34)28(35)31(6,7)21-13-16-23(36-8)17-14-21/h9-19H,20H2,1-8H3. The van der Waals surface area contributed by atoms with E-state index in [2.05, 4.69) is 46.8 Å². The van der Waals surface area contributed by atoms with Gasteiger partial charge in [0.1, 0.15) is 16.8 Å². The highest BCUT2D eigenvalue weighted by atomic mass is 16.5. The predicted molar refractivity (Wildman–Crippen MR) is 146 cm³/mol. The largest absolute Gasteiger partial charge is 0.497 e. The quantitative estimate of drug-likeness (QED) is 0.259. The third-order valence-electron chi connectivity index (χ3n) is 6.88. The molecule has 0 aliphatic carbocycles. The smallest absolute Gasteiger partial charge is 0.175 e. The van der Waals surface area contributed by atoms with Crippen molar-refractivity contribution in [2.75, 3.05) is 7.11 Å². The van der Waals surface area contributed by atoms with Crippen LogP contribution in [0.3, 0.4) is 0 Å². The zero-order chi connectivity index (χ0) is 26.3. The van der Waals surface area contributed by atoms with Crippen molar-refractivity contribution in [1.82, 2.24) is 15.0 Å². The first-order valence-electron chi connectivity index (χ1n) is 12.5. The molecule has 0 spiro atoms. The summed E-state index contributed by atoms with van der Waals surface area (Å²) < 4.78 is 5.31. The third kappa shape index (κ3) is 5.06. The number of aromatic nitrogens is 3. The number of ketones is 1. The number of fused-ring (bicyclic) bond motifs is 1. The Morgan fingerprint density at radius 1 is 0.806 bits per heavy atom. The van der Waals surface area contributed by atoms with Gasteiger partial charge in [0.05, 0.1) is 18.2 Å². The number of hydrogen-bond acceptors (Lipinski definition) is 4. The van der Waals surface area contributed by atoms with Crippen molar-refractivity contribution in [2.24, 2.45) is 5.41 Å². The lowest BCUT2D eigenvalue weighted by Crippen LogP contribution is -2.31. The highest BCUT2D eigenvalue weighted by Crippen LogP contribution is 2.38. The van der Waals surface area contributed by atoms with Crippen molar-refractivity contribution in [1.29, 1.82) is 0 Å².